The number of imidazole rings is 1. The third-order valence-corrected chi connectivity index (χ3v) is 3.89. The molecule has 1 aliphatic heterocycles. The van der Waals surface area contributed by atoms with Gasteiger partial charge in [-0.3, -0.25) is 14.5 Å². The Labute approximate surface area is 151 Å². The molecule has 4 atom stereocenters. The zero-order chi connectivity index (χ0) is 20.4. The van der Waals surface area contributed by atoms with Crippen LogP contribution in [-0.2, 0) is 13.8 Å². The second-order valence-electron chi connectivity index (χ2n) is 5.37. The molecule has 3 heterocycles. The summed E-state index contributed by atoms with van der Waals surface area (Å²) in [7, 11) is -4.72. The van der Waals surface area contributed by atoms with Gasteiger partial charge < -0.3 is 41.9 Å². The fourth-order valence-corrected chi connectivity index (χ4v) is 2.66. The molecule has 2 aromatic heterocycles. The van der Waals surface area contributed by atoms with Crippen LogP contribution in [0.3, 0.4) is 0 Å². The summed E-state index contributed by atoms with van der Waals surface area (Å²) in [6.45, 7) is -0.594. The Bertz CT molecular complexity index is 852. The van der Waals surface area contributed by atoms with E-state index in [-0.39, 0.29) is 17.4 Å². The van der Waals surface area contributed by atoms with E-state index in [2.05, 4.69) is 30.9 Å². The molecular formula is C11H19N8O7P. The molecule has 11 N–H and O–H groups in total. The molecule has 1 saturated heterocycles. The number of aliphatic hydroxyl groups is 2. The van der Waals surface area contributed by atoms with E-state index in [1.165, 1.54) is 17.2 Å². The number of rotatable bonds is 4. The van der Waals surface area contributed by atoms with Crippen molar-refractivity contribution in [3.05, 3.63) is 12.7 Å². The largest absolute Gasteiger partial charge is 0.469 e. The van der Waals surface area contributed by atoms with Crippen LogP contribution in [0.5, 0.6) is 0 Å². The van der Waals surface area contributed by atoms with Crippen LogP contribution in [0.1, 0.15) is 6.23 Å². The first-order valence-electron chi connectivity index (χ1n) is 7.25. The summed E-state index contributed by atoms with van der Waals surface area (Å²) in [6.07, 6.45) is -2.49. The highest BCUT2D eigenvalue weighted by Gasteiger charge is 2.45. The van der Waals surface area contributed by atoms with Crippen molar-refractivity contribution < 1.29 is 33.8 Å². The summed E-state index contributed by atoms with van der Waals surface area (Å²) in [5.74, 6) is -0.192. The van der Waals surface area contributed by atoms with E-state index in [0.29, 0.717) is 5.52 Å². The molecule has 15 nitrogen and oxygen atoms in total. The first-order chi connectivity index (χ1) is 12.5. The second kappa shape index (κ2) is 8.10. The molecule has 0 amide bonds. The number of guanidine groups is 1. The zero-order valence-electron chi connectivity index (χ0n) is 13.7. The van der Waals surface area contributed by atoms with Gasteiger partial charge >= 0.3 is 7.82 Å². The van der Waals surface area contributed by atoms with Gasteiger partial charge in [-0.25, -0.2) is 19.5 Å². The van der Waals surface area contributed by atoms with Crippen molar-refractivity contribution in [2.24, 2.45) is 11.5 Å². The van der Waals surface area contributed by atoms with Gasteiger partial charge in [-0.1, -0.05) is 0 Å². The molecule has 0 bridgehead atoms. The molecule has 0 aromatic carbocycles. The number of hydrogen-bond acceptors (Lipinski definition) is 10. The van der Waals surface area contributed by atoms with Crippen molar-refractivity contribution in [3.8, 4) is 0 Å². The van der Waals surface area contributed by atoms with Crippen LogP contribution in [0, 0.1) is 5.41 Å². The second-order valence-corrected chi connectivity index (χ2v) is 6.61. The minimum absolute atomic E-state index is 0.142. The highest BCUT2D eigenvalue weighted by Crippen LogP contribution is 2.38. The summed E-state index contributed by atoms with van der Waals surface area (Å²) >= 11 is 0. The van der Waals surface area contributed by atoms with Gasteiger partial charge in [0.25, 0.3) is 0 Å². The van der Waals surface area contributed by atoms with E-state index in [9.17, 15) is 14.8 Å². The number of anilines is 1. The highest BCUT2D eigenvalue weighted by molar-refractivity contribution is 7.46. The van der Waals surface area contributed by atoms with Gasteiger partial charge in [0.15, 0.2) is 23.7 Å². The van der Waals surface area contributed by atoms with E-state index in [1.807, 2.05) is 0 Å². The predicted molar refractivity (Wildman–Crippen MR) is 89.8 cm³/mol. The number of nitrogens with one attached hydrogen (secondary N) is 1. The maximum atomic E-state index is 10.7. The monoisotopic (exact) mass is 406 g/mol. The SMILES string of the molecule is N=C(N)N.Nc1ncnc2c1ncn2[C@@H]1O[C@H](COP(=O)(O)O)[C@@H](O)[C@H]1O. The van der Waals surface area contributed by atoms with E-state index < -0.39 is 39.0 Å². The average molecular weight is 406 g/mol. The normalized spacial score (nSPS) is 25.2. The fourth-order valence-electron chi connectivity index (χ4n) is 2.32. The number of phosphoric acid groups is 1. The molecular weight excluding hydrogens is 387 g/mol. The molecule has 150 valence electrons. The van der Waals surface area contributed by atoms with Crippen LogP contribution in [0.15, 0.2) is 12.7 Å². The molecule has 0 unspecified atom stereocenters. The molecule has 0 saturated carbocycles. The number of nitrogen functional groups attached to an aromatic ring is 1. The molecule has 2 aromatic rings. The maximum Gasteiger partial charge on any atom is 0.469 e. The Morgan fingerprint density at radius 1 is 1.30 bits per heavy atom. The number of nitrogens with two attached hydrogens (primary N) is 3. The number of aromatic nitrogens is 4. The summed E-state index contributed by atoms with van der Waals surface area (Å²) < 4.78 is 21.8. The quantitative estimate of drug-likeness (QED) is 0.143. The molecule has 27 heavy (non-hydrogen) atoms. The summed E-state index contributed by atoms with van der Waals surface area (Å²) in [5.41, 5.74) is 15.2. The standard InChI is InChI=1S/C10H14N5O7P.CH5N3/c11-8-5-9(13-2-12-8)15(3-14-5)10-7(17)6(16)4(22-10)1-21-23(18,19)20;2-1(3)4/h2-4,6-7,10,16-17H,1H2,(H2,11,12,13)(H2,18,19,20);(H5,2,3,4)/t4-,6-,7-,10-;/m1./s1. The van der Waals surface area contributed by atoms with Crippen molar-refractivity contribution >= 4 is 30.8 Å². The summed E-state index contributed by atoms with van der Waals surface area (Å²) in [6, 6.07) is 0. The Morgan fingerprint density at radius 3 is 2.52 bits per heavy atom. The summed E-state index contributed by atoms with van der Waals surface area (Å²) in [4.78, 5) is 29.2. The molecule has 1 fully saturated rings. The van der Waals surface area contributed by atoms with Gasteiger partial charge in [0, 0.05) is 0 Å². The van der Waals surface area contributed by atoms with Crippen LogP contribution in [0.4, 0.5) is 5.82 Å². The number of ether oxygens (including phenoxy) is 1. The lowest BCUT2D eigenvalue weighted by Gasteiger charge is -2.16. The van der Waals surface area contributed by atoms with Crippen molar-refractivity contribution in [2.75, 3.05) is 12.3 Å². The lowest BCUT2D eigenvalue weighted by Crippen LogP contribution is -2.33. The third kappa shape index (κ3) is 5.08. The number of nitrogens with zero attached hydrogens (tertiary/aromatic N) is 4. The van der Waals surface area contributed by atoms with Gasteiger partial charge in [-0.05, 0) is 0 Å². The minimum Gasteiger partial charge on any atom is -0.387 e. The highest BCUT2D eigenvalue weighted by atomic mass is 31.2. The lowest BCUT2D eigenvalue weighted by molar-refractivity contribution is -0.0504. The van der Waals surface area contributed by atoms with E-state index in [0.717, 1.165) is 0 Å². The van der Waals surface area contributed by atoms with Crippen molar-refractivity contribution in [2.45, 2.75) is 24.5 Å². The Balaban J connectivity index is 0.000000596. The van der Waals surface area contributed by atoms with Crippen LogP contribution in [0.2, 0.25) is 0 Å². The molecule has 0 radical (unpaired) electrons. The van der Waals surface area contributed by atoms with Gasteiger partial charge in [0.2, 0.25) is 0 Å². The average Bonchev–Trinajstić information content (AvgIpc) is 3.08. The molecule has 16 heteroatoms. The fraction of sp³-hybridized carbons (Fsp3) is 0.455. The first kappa shape index (κ1) is 20.9. The number of aliphatic hydroxyl groups excluding tert-OH is 2. The van der Waals surface area contributed by atoms with E-state index in [1.54, 1.807) is 0 Å². The Morgan fingerprint density at radius 2 is 1.93 bits per heavy atom. The lowest BCUT2D eigenvalue weighted by atomic mass is 10.1. The van der Waals surface area contributed by atoms with E-state index in [4.69, 9.17) is 25.7 Å². The predicted octanol–water partition coefficient (Wildman–Crippen LogP) is -3.02. The maximum absolute atomic E-state index is 10.7. The van der Waals surface area contributed by atoms with Gasteiger partial charge in [0.1, 0.15) is 30.2 Å². The summed E-state index contributed by atoms with van der Waals surface area (Å²) in [5, 5.41) is 26.1. The Kier molecular flexibility index (Phi) is 6.27. The number of hydrogen-bond donors (Lipinski definition) is 8. The first-order valence-corrected chi connectivity index (χ1v) is 8.78. The minimum atomic E-state index is -4.72. The third-order valence-electron chi connectivity index (χ3n) is 3.41. The van der Waals surface area contributed by atoms with Crippen molar-refractivity contribution in [1.82, 2.24) is 19.5 Å². The van der Waals surface area contributed by atoms with Crippen molar-refractivity contribution in [3.63, 3.8) is 0 Å². The van der Waals surface area contributed by atoms with Crippen LogP contribution >= 0.6 is 7.82 Å². The van der Waals surface area contributed by atoms with E-state index >= 15 is 0 Å². The number of fused-ring (bicyclic) bond motifs is 1. The Hall–Kier alpha value is -2.39. The molecule has 1 aliphatic rings. The topological polar surface area (TPSA) is 262 Å². The van der Waals surface area contributed by atoms with Crippen LogP contribution in [0.25, 0.3) is 11.2 Å². The molecule has 0 spiro atoms. The van der Waals surface area contributed by atoms with Crippen molar-refractivity contribution in [1.29, 1.82) is 5.41 Å². The van der Waals surface area contributed by atoms with Crippen LogP contribution in [-0.4, -0.2) is 70.4 Å². The van der Waals surface area contributed by atoms with Gasteiger partial charge in [-0.2, -0.15) is 0 Å². The van der Waals surface area contributed by atoms with Gasteiger partial charge in [-0.15, -0.1) is 0 Å². The van der Waals surface area contributed by atoms with Crippen LogP contribution < -0.4 is 17.2 Å². The molecule has 0 aliphatic carbocycles. The smallest absolute Gasteiger partial charge is 0.387 e. The molecule has 3 rings (SSSR count). The number of phosphoric ester groups is 1. The van der Waals surface area contributed by atoms with Gasteiger partial charge in [0.05, 0.1) is 12.9 Å². The zero-order valence-corrected chi connectivity index (χ0v) is 14.5.